The summed E-state index contributed by atoms with van der Waals surface area (Å²) in [5.74, 6) is -3.40. The first kappa shape index (κ1) is 33.4. The van der Waals surface area contributed by atoms with E-state index in [0.29, 0.717) is 17.7 Å². The van der Waals surface area contributed by atoms with Crippen molar-refractivity contribution in [1.29, 1.82) is 0 Å². The first-order chi connectivity index (χ1) is 20.1. The highest BCUT2D eigenvalue weighted by Crippen LogP contribution is 2.16. The van der Waals surface area contributed by atoms with Crippen molar-refractivity contribution < 1.29 is 57.2 Å². The Morgan fingerprint density at radius 1 is 0.714 bits per heavy atom. The molecule has 0 aromatic heterocycles. The van der Waals surface area contributed by atoms with E-state index in [9.17, 15) is 28.8 Å². The third-order valence-electron chi connectivity index (χ3n) is 5.46. The fourth-order valence-electron chi connectivity index (χ4n) is 3.41. The van der Waals surface area contributed by atoms with Crippen molar-refractivity contribution in [2.75, 3.05) is 27.8 Å². The van der Waals surface area contributed by atoms with E-state index < -0.39 is 55.3 Å². The van der Waals surface area contributed by atoms with Gasteiger partial charge in [-0.15, -0.1) is 0 Å². The van der Waals surface area contributed by atoms with Crippen LogP contribution in [-0.4, -0.2) is 69.4 Å². The molecular weight excluding hydrogens is 554 g/mol. The van der Waals surface area contributed by atoms with Gasteiger partial charge in [0.15, 0.2) is 6.79 Å². The lowest BCUT2D eigenvalue weighted by atomic mass is 10.0. The Morgan fingerprint density at radius 2 is 1.31 bits per heavy atom. The summed E-state index contributed by atoms with van der Waals surface area (Å²) in [5, 5.41) is 2.69. The summed E-state index contributed by atoms with van der Waals surface area (Å²) in [6, 6.07) is 12.3. The molecule has 0 aliphatic rings. The second kappa shape index (κ2) is 17.8. The van der Waals surface area contributed by atoms with Crippen LogP contribution in [0.15, 0.2) is 48.5 Å². The van der Waals surface area contributed by atoms with Crippen LogP contribution in [0.5, 0.6) is 11.5 Å². The van der Waals surface area contributed by atoms with Crippen molar-refractivity contribution in [1.82, 2.24) is 5.32 Å². The number of methoxy groups -OCH3 is 2. The van der Waals surface area contributed by atoms with Crippen molar-refractivity contribution in [3.63, 3.8) is 0 Å². The minimum Gasteiger partial charge on any atom is -0.497 e. The quantitative estimate of drug-likeness (QED) is 0.123. The van der Waals surface area contributed by atoms with E-state index in [-0.39, 0.29) is 31.3 Å². The van der Waals surface area contributed by atoms with E-state index in [1.165, 1.54) is 26.2 Å². The van der Waals surface area contributed by atoms with Gasteiger partial charge in [-0.05, 0) is 48.7 Å². The molecule has 1 amide bonds. The molecule has 0 bridgehead atoms. The molecule has 13 nitrogen and oxygen atoms in total. The minimum atomic E-state index is -1.00. The van der Waals surface area contributed by atoms with Crippen molar-refractivity contribution in [3.8, 4) is 11.5 Å². The maximum absolute atomic E-state index is 12.6. The highest BCUT2D eigenvalue weighted by Gasteiger charge is 2.23. The molecule has 226 valence electrons. The normalized spacial score (nSPS) is 11.0. The summed E-state index contributed by atoms with van der Waals surface area (Å²) < 4.78 is 29.2. The molecule has 1 atom stereocenters. The third kappa shape index (κ3) is 13.0. The van der Waals surface area contributed by atoms with Crippen LogP contribution in [0.2, 0.25) is 0 Å². The summed E-state index contributed by atoms with van der Waals surface area (Å²) in [5.41, 5.74) is 1.55. The zero-order valence-corrected chi connectivity index (χ0v) is 23.5. The number of ketones is 1. The standard InChI is InChI=1S/C29H33NO12/c1-19(31)14-26(33)39-18-40-27(34)16-28(35)42-23-11-6-21(7-12-23)15-24(29(36)41-17-37-2)30-25(32)13-8-20-4-9-22(38-3)10-5-20/h4-7,9-12,24H,8,13-18H2,1-3H3,(H,30,32). The molecule has 0 aliphatic carbocycles. The smallest absolute Gasteiger partial charge is 0.331 e. The molecule has 1 unspecified atom stereocenters. The average molecular weight is 588 g/mol. The fourth-order valence-corrected chi connectivity index (χ4v) is 3.41. The van der Waals surface area contributed by atoms with Crippen LogP contribution in [0.1, 0.15) is 37.3 Å². The fraction of sp³-hybridized carbons (Fsp3) is 0.379. The Balaban J connectivity index is 1.88. The monoisotopic (exact) mass is 587 g/mol. The number of nitrogens with one attached hydrogen (secondary N) is 1. The highest BCUT2D eigenvalue weighted by atomic mass is 16.7. The van der Waals surface area contributed by atoms with Gasteiger partial charge >= 0.3 is 23.9 Å². The number of carbonyl (C=O) groups excluding carboxylic acids is 6. The summed E-state index contributed by atoms with van der Waals surface area (Å²) >= 11 is 0. The number of carbonyl (C=O) groups is 6. The summed E-state index contributed by atoms with van der Waals surface area (Å²) in [4.78, 5) is 71.0. The SMILES string of the molecule is COCOC(=O)C(Cc1ccc(OC(=O)CC(=O)OCOC(=O)CC(C)=O)cc1)NC(=O)CCc1ccc(OC)cc1. The Bertz CT molecular complexity index is 1220. The van der Waals surface area contributed by atoms with E-state index in [0.717, 1.165) is 5.56 Å². The van der Waals surface area contributed by atoms with E-state index in [4.69, 9.17) is 18.9 Å². The van der Waals surface area contributed by atoms with Gasteiger partial charge in [0, 0.05) is 20.0 Å². The molecule has 0 heterocycles. The van der Waals surface area contributed by atoms with E-state index in [2.05, 4.69) is 14.8 Å². The van der Waals surface area contributed by atoms with E-state index in [1.807, 2.05) is 12.1 Å². The molecule has 2 aromatic rings. The first-order valence-electron chi connectivity index (χ1n) is 12.8. The maximum atomic E-state index is 12.6. The zero-order valence-electron chi connectivity index (χ0n) is 23.5. The molecule has 42 heavy (non-hydrogen) atoms. The summed E-state index contributed by atoms with van der Waals surface area (Å²) in [7, 11) is 2.93. The number of rotatable bonds is 17. The molecule has 13 heteroatoms. The van der Waals surface area contributed by atoms with Crippen LogP contribution in [0.25, 0.3) is 0 Å². The van der Waals surface area contributed by atoms with Gasteiger partial charge in [0.2, 0.25) is 12.7 Å². The molecular formula is C29H33NO12. The van der Waals surface area contributed by atoms with Crippen LogP contribution < -0.4 is 14.8 Å². The summed E-state index contributed by atoms with van der Waals surface area (Å²) in [6.07, 6.45) is -0.532. The van der Waals surface area contributed by atoms with Gasteiger partial charge in [-0.3, -0.25) is 24.0 Å². The average Bonchev–Trinajstić information content (AvgIpc) is 2.95. The van der Waals surface area contributed by atoms with Crippen LogP contribution in [0, 0.1) is 0 Å². The van der Waals surface area contributed by atoms with Crippen molar-refractivity contribution in [2.24, 2.45) is 0 Å². The predicted octanol–water partition coefficient (Wildman–Crippen LogP) is 1.82. The summed E-state index contributed by atoms with van der Waals surface area (Å²) in [6.45, 7) is 0.184. The molecule has 0 aliphatic heterocycles. The van der Waals surface area contributed by atoms with Crippen molar-refractivity contribution in [3.05, 3.63) is 59.7 Å². The lowest BCUT2D eigenvalue weighted by Crippen LogP contribution is -2.43. The number of esters is 4. The van der Waals surface area contributed by atoms with Crippen LogP contribution in [0.3, 0.4) is 0 Å². The van der Waals surface area contributed by atoms with Crippen LogP contribution in [0.4, 0.5) is 0 Å². The molecule has 1 N–H and O–H groups in total. The van der Waals surface area contributed by atoms with Crippen molar-refractivity contribution >= 4 is 35.6 Å². The molecule has 0 spiro atoms. The predicted molar refractivity (Wildman–Crippen MR) is 144 cm³/mol. The molecule has 0 radical (unpaired) electrons. The van der Waals surface area contributed by atoms with Gasteiger partial charge in [0.1, 0.15) is 36.2 Å². The van der Waals surface area contributed by atoms with Crippen molar-refractivity contribution in [2.45, 2.75) is 45.1 Å². The largest absolute Gasteiger partial charge is 0.497 e. The van der Waals surface area contributed by atoms with Gasteiger partial charge in [0.05, 0.1) is 7.11 Å². The Hall–Kier alpha value is -4.78. The van der Waals surface area contributed by atoms with Gasteiger partial charge in [-0.25, -0.2) is 4.79 Å². The number of aryl methyl sites for hydroxylation is 1. The second-order valence-electron chi connectivity index (χ2n) is 8.87. The maximum Gasteiger partial charge on any atom is 0.331 e. The molecule has 0 saturated carbocycles. The molecule has 2 aromatic carbocycles. The Morgan fingerprint density at radius 3 is 1.90 bits per heavy atom. The zero-order chi connectivity index (χ0) is 30.9. The van der Waals surface area contributed by atoms with Gasteiger partial charge in [-0.1, -0.05) is 24.3 Å². The van der Waals surface area contributed by atoms with Gasteiger partial charge in [0.25, 0.3) is 0 Å². The van der Waals surface area contributed by atoms with Crippen LogP contribution >= 0.6 is 0 Å². The molecule has 0 fully saturated rings. The Labute approximate surface area is 242 Å². The van der Waals surface area contributed by atoms with E-state index in [1.54, 1.807) is 31.4 Å². The van der Waals surface area contributed by atoms with E-state index >= 15 is 0 Å². The number of ether oxygens (including phenoxy) is 6. The topological polar surface area (TPSA) is 170 Å². The number of hydrogen-bond acceptors (Lipinski definition) is 12. The van der Waals surface area contributed by atoms with Gasteiger partial charge in [-0.2, -0.15) is 0 Å². The van der Waals surface area contributed by atoms with Crippen LogP contribution in [-0.2, 0) is 60.6 Å². The molecule has 0 saturated heterocycles. The molecule has 2 rings (SSSR count). The first-order valence-corrected chi connectivity index (χ1v) is 12.8. The third-order valence-corrected chi connectivity index (χ3v) is 5.46. The van der Waals surface area contributed by atoms with Gasteiger partial charge < -0.3 is 33.7 Å². The number of benzene rings is 2. The number of amides is 1. The minimum absolute atomic E-state index is 0.0831. The lowest BCUT2D eigenvalue weighted by Gasteiger charge is -2.18. The second-order valence-corrected chi connectivity index (χ2v) is 8.87. The number of hydrogen-bond donors (Lipinski definition) is 1. The number of Topliss-reactive ketones (excluding diaryl/α,β-unsaturated/α-hetero) is 1. The lowest BCUT2D eigenvalue weighted by molar-refractivity contribution is -0.168. The highest BCUT2D eigenvalue weighted by molar-refractivity contribution is 5.94. The Kier molecular flexibility index (Phi) is 14.2.